The molecular weight excluding hydrogens is 380 g/mol. The van der Waals surface area contributed by atoms with E-state index in [2.05, 4.69) is 43.1 Å². The van der Waals surface area contributed by atoms with Gasteiger partial charge >= 0.3 is 0 Å². The number of benzene rings is 1. The molecule has 30 heavy (non-hydrogen) atoms. The zero-order valence-electron chi connectivity index (χ0n) is 17.2. The van der Waals surface area contributed by atoms with Gasteiger partial charge in [-0.2, -0.15) is 15.4 Å². The van der Waals surface area contributed by atoms with Gasteiger partial charge in [-0.15, -0.1) is 5.10 Å². The molecule has 0 aliphatic heterocycles. The summed E-state index contributed by atoms with van der Waals surface area (Å²) in [5.74, 6) is 1.37. The summed E-state index contributed by atoms with van der Waals surface area (Å²) in [6.07, 6.45) is 4.86. The SMILES string of the molecule is CCOc1cccc(Cn2cc(C(CCNC)c3cc(N)nc4n[nH]nc34)cn2)c1. The molecule has 156 valence electrons. The molecule has 3 heterocycles. The van der Waals surface area contributed by atoms with E-state index >= 15 is 0 Å². The maximum Gasteiger partial charge on any atom is 0.203 e. The number of nitrogens with two attached hydrogens (primary N) is 1. The summed E-state index contributed by atoms with van der Waals surface area (Å²) in [7, 11) is 1.94. The number of nitrogen functional groups attached to an aromatic ring is 1. The molecule has 0 spiro atoms. The van der Waals surface area contributed by atoms with E-state index in [1.165, 1.54) is 0 Å². The molecule has 4 N–H and O–H groups in total. The molecule has 1 aromatic carbocycles. The normalized spacial score (nSPS) is 12.3. The largest absolute Gasteiger partial charge is 0.494 e. The molecule has 4 rings (SSSR count). The van der Waals surface area contributed by atoms with Gasteiger partial charge in [0.15, 0.2) is 0 Å². The van der Waals surface area contributed by atoms with Gasteiger partial charge in [0, 0.05) is 12.1 Å². The Bertz CT molecular complexity index is 1120. The molecule has 0 radical (unpaired) electrons. The van der Waals surface area contributed by atoms with Crippen LogP contribution in [0.2, 0.25) is 0 Å². The van der Waals surface area contributed by atoms with E-state index in [1.54, 1.807) is 0 Å². The highest BCUT2D eigenvalue weighted by molar-refractivity contribution is 5.77. The number of rotatable bonds is 9. The molecular formula is C21H26N8O. The Hall–Kier alpha value is -3.46. The number of aromatic amines is 1. The van der Waals surface area contributed by atoms with Crippen molar-refractivity contribution in [3.63, 3.8) is 0 Å². The second-order valence-corrected chi connectivity index (χ2v) is 7.13. The summed E-state index contributed by atoms with van der Waals surface area (Å²) in [6.45, 7) is 4.13. The number of hydrogen-bond acceptors (Lipinski definition) is 7. The summed E-state index contributed by atoms with van der Waals surface area (Å²) >= 11 is 0. The summed E-state index contributed by atoms with van der Waals surface area (Å²) < 4.78 is 7.55. The van der Waals surface area contributed by atoms with Crippen LogP contribution < -0.4 is 15.8 Å². The van der Waals surface area contributed by atoms with Crippen LogP contribution in [0.25, 0.3) is 11.2 Å². The first-order valence-corrected chi connectivity index (χ1v) is 10.0. The van der Waals surface area contributed by atoms with Gasteiger partial charge in [0.1, 0.15) is 17.1 Å². The fraction of sp³-hybridized carbons (Fsp3) is 0.333. The van der Waals surface area contributed by atoms with Gasteiger partial charge in [0.2, 0.25) is 5.65 Å². The van der Waals surface area contributed by atoms with Crippen molar-refractivity contribution in [3.8, 4) is 5.75 Å². The van der Waals surface area contributed by atoms with Gasteiger partial charge in [-0.1, -0.05) is 12.1 Å². The van der Waals surface area contributed by atoms with Crippen LogP contribution in [-0.2, 0) is 6.54 Å². The molecule has 9 heteroatoms. The van der Waals surface area contributed by atoms with Crippen molar-refractivity contribution < 1.29 is 4.74 Å². The molecule has 3 aromatic heterocycles. The Labute approximate surface area is 174 Å². The van der Waals surface area contributed by atoms with Gasteiger partial charge in [0.05, 0.1) is 19.3 Å². The minimum Gasteiger partial charge on any atom is -0.494 e. The van der Waals surface area contributed by atoms with Gasteiger partial charge in [-0.25, -0.2) is 4.98 Å². The number of nitrogens with zero attached hydrogens (tertiary/aromatic N) is 5. The fourth-order valence-corrected chi connectivity index (χ4v) is 3.67. The van der Waals surface area contributed by atoms with Crippen LogP contribution >= 0.6 is 0 Å². The number of fused-ring (bicyclic) bond motifs is 1. The molecule has 4 aromatic rings. The average Bonchev–Trinajstić information content (AvgIpc) is 3.38. The Morgan fingerprint density at radius 2 is 2.17 bits per heavy atom. The van der Waals surface area contributed by atoms with Gasteiger partial charge in [0.25, 0.3) is 0 Å². The van der Waals surface area contributed by atoms with Crippen molar-refractivity contribution in [2.24, 2.45) is 0 Å². The van der Waals surface area contributed by atoms with Gasteiger partial charge < -0.3 is 15.8 Å². The third-order valence-corrected chi connectivity index (χ3v) is 5.01. The Morgan fingerprint density at radius 1 is 1.27 bits per heavy atom. The smallest absolute Gasteiger partial charge is 0.203 e. The Balaban J connectivity index is 1.64. The number of ether oxygens (including phenoxy) is 1. The van der Waals surface area contributed by atoms with Crippen molar-refractivity contribution in [3.05, 3.63) is 59.4 Å². The summed E-state index contributed by atoms with van der Waals surface area (Å²) in [5.41, 5.74) is 10.5. The van der Waals surface area contributed by atoms with E-state index in [0.717, 1.165) is 40.9 Å². The highest BCUT2D eigenvalue weighted by Crippen LogP contribution is 2.32. The molecule has 1 atom stereocenters. The van der Waals surface area contributed by atoms with Crippen molar-refractivity contribution in [1.82, 2.24) is 35.5 Å². The number of nitrogens with one attached hydrogen (secondary N) is 2. The van der Waals surface area contributed by atoms with Crippen LogP contribution in [0.15, 0.2) is 42.7 Å². The number of anilines is 1. The van der Waals surface area contributed by atoms with E-state index in [9.17, 15) is 0 Å². The number of aromatic nitrogens is 6. The molecule has 0 aliphatic carbocycles. The van der Waals surface area contributed by atoms with E-state index < -0.39 is 0 Å². The van der Waals surface area contributed by atoms with Crippen molar-refractivity contribution in [1.29, 1.82) is 0 Å². The van der Waals surface area contributed by atoms with E-state index in [0.29, 0.717) is 24.6 Å². The second kappa shape index (κ2) is 8.91. The number of H-pyrrole nitrogens is 1. The molecule has 0 amide bonds. The topological polar surface area (TPSA) is 120 Å². The summed E-state index contributed by atoms with van der Waals surface area (Å²) in [5, 5.41) is 18.9. The lowest BCUT2D eigenvalue weighted by atomic mass is 9.90. The molecule has 0 bridgehead atoms. The second-order valence-electron chi connectivity index (χ2n) is 7.13. The minimum absolute atomic E-state index is 0.0684. The molecule has 9 nitrogen and oxygen atoms in total. The van der Waals surface area contributed by atoms with Crippen molar-refractivity contribution >= 4 is 17.0 Å². The first-order chi connectivity index (χ1) is 14.7. The first kappa shape index (κ1) is 19.8. The van der Waals surface area contributed by atoms with Gasteiger partial charge in [-0.05, 0) is 61.8 Å². The standard InChI is InChI=1S/C21H26N8O/c1-3-30-16-6-4-5-14(9-16)12-29-13-15(11-24-29)17(7-8-23-2)18-10-19(22)25-21-20(18)26-28-27-21/h4-6,9-11,13,17,23H,3,7-8,12H2,1-2H3,(H3,22,25,26,27,28). The molecule has 0 fully saturated rings. The highest BCUT2D eigenvalue weighted by Gasteiger charge is 2.21. The average molecular weight is 406 g/mol. The first-order valence-electron chi connectivity index (χ1n) is 10.0. The number of hydrogen-bond donors (Lipinski definition) is 3. The van der Waals surface area contributed by atoms with Crippen LogP contribution in [-0.4, -0.2) is 50.4 Å². The van der Waals surface area contributed by atoms with Crippen LogP contribution in [0.1, 0.15) is 36.0 Å². The third kappa shape index (κ3) is 4.25. The fourth-order valence-electron chi connectivity index (χ4n) is 3.67. The van der Waals surface area contributed by atoms with Gasteiger partial charge in [-0.3, -0.25) is 4.68 Å². The van der Waals surface area contributed by atoms with Crippen LogP contribution in [0.5, 0.6) is 5.75 Å². The molecule has 0 saturated carbocycles. The maximum absolute atomic E-state index is 6.03. The lowest BCUT2D eigenvalue weighted by Gasteiger charge is -2.16. The monoisotopic (exact) mass is 406 g/mol. The van der Waals surface area contributed by atoms with Crippen LogP contribution in [0, 0.1) is 0 Å². The highest BCUT2D eigenvalue weighted by atomic mass is 16.5. The number of pyridine rings is 1. The van der Waals surface area contributed by atoms with E-state index in [4.69, 9.17) is 10.5 Å². The zero-order chi connectivity index (χ0) is 20.9. The van der Waals surface area contributed by atoms with E-state index in [1.807, 2.05) is 49.1 Å². The predicted octanol–water partition coefficient (Wildman–Crippen LogP) is 2.32. The predicted molar refractivity (Wildman–Crippen MR) is 115 cm³/mol. The Morgan fingerprint density at radius 3 is 3.00 bits per heavy atom. The summed E-state index contributed by atoms with van der Waals surface area (Å²) in [4.78, 5) is 4.26. The minimum atomic E-state index is 0.0684. The molecule has 0 saturated heterocycles. The van der Waals surface area contributed by atoms with Crippen LogP contribution in [0.4, 0.5) is 5.82 Å². The third-order valence-electron chi connectivity index (χ3n) is 5.01. The lowest BCUT2D eigenvalue weighted by molar-refractivity contribution is 0.340. The van der Waals surface area contributed by atoms with Crippen molar-refractivity contribution in [2.75, 3.05) is 25.9 Å². The molecule has 1 unspecified atom stereocenters. The van der Waals surface area contributed by atoms with Crippen molar-refractivity contribution in [2.45, 2.75) is 25.8 Å². The molecule has 0 aliphatic rings. The Kier molecular flexibility index (Phi) is 5.89. The van der Waals surface area contributed by atoms with Crippen LogP contribution in [0.3, 0.4) is 0 Å². The van der Waals surface area contributed by atoms with E-state index in [-0.39, 0.29) is 5.92 Å². The quantitative estimate of drug-likeness (QED) is 0.390. The maximum atomic E-state index is 6.03. The zero-order valence-corrected chi connectivity index (χ0v) is 17.2. The summed E-state index contributed by atoms with van der Waals surface area (Å²) in [6, 6.07) is 9.97. The lowest BCUT2D eigenvalue weighted by Crippen LogP contribution is -2.14.